The molecule has 264 valence electrons. The van der Waals surface area contributed by atoms with Gasteiger partial charge in [-0.25, -0.2) is 4.79 Å². The molecule has 0 unspecified atom stereocenters. The Morgan fingerprint density at radius 2 is 1.53 bits per heavy atom. The van der Waals surface area contributed by atoms with Gasteiger partial charge in [-0.1, -0.05) is 42.1 Å². The van der Waals surface area contributed by atoms with Gasteiger partial charge in [0.05, 0.1) is 11.0 Å². The normalized spacial score (nSPS) is 21.2. The first-order valence-electron chi connectivity index (χ1n) is 14.8. The van der Waals surface area contributed by atoms with Crippen molar-refractivity contribution in [2.45, 2.75) is 87.9 Å². The molecule has 49 heavy (non-hydrogen) atoms. The van der Waals surface area contributed by atoms with Gasteiger partial charge in [-0.3, -0.25) is 34.1 Å². The summed E-state index contributed by atoms with van der Waals surface area (Å²) >= 11 is 0.754. The van der Waals surface area contributed by atoms with Crippen molar-refractivity contribution in [3.63, 3.8) is 0 Å². The van der Waals surface area contributed by atoms with E-state index in [1.165, 1.54) is 24.3 Å². The SMILES string of the molecule is CC(=O)N[C@H]1[C@H]([C@H](OC(C)=O)[C@@H](COC(C)=O)OC(C)=O)O[C@@](Sc2ccc([N+](=O)[O-])cc2)(C(=O)OCc2ccccc2)C[C@@H]1OC(C)=O. The Labute approximate surface area is 285 Å². The van der Waals surface area contributed by atoms with Gasteiger partial charge in [0, 0.05) is 58.1 Å². The van der Waals surface area contributed by atoms with E-state index < -0.39 is 89.1 Å². The third kappa shape index (κ3) is 11.3. The summed E-state index contributed by atoms with van der Waals surface area (Å²) in [4.78, 5) is 84.5. The number of nitrogens with one attached hydrogen (secondary N) is 1. The number of rotatable bonds is 14. The first-order chi connectivity index (χ1) is 23.1. The van der Waals surface area contributed by atoms with Crippen molar-refractivity contribution < 1.29 is 62.1 Å². The first-order valence-corrected chi connectivity index (χ1v) is 15.7. The lowest BCUT2D eigenvalue weighted by molar-refractivity contribution is -0.384. The quantitative estimate of drug-likeness (QED) is 0.130. The molecule has 1 amide bonds. The van der Waals surface area contributed by atoms with E-state index in [1.807, 2.05) is 0 Å². The highest BCUT2D eigenvalue weighted by Gasteiger charge is 2.59. The summed E-state index contributed by atoms with van der Waals surface area (Å²) in [5.41, 5.74) is 0.376. The van der Waals surface area contributed by atoms with Crippen molar-refractivity contribution in [1.82, 2.24) is 5.32 Å². The summed E-state index contributed by atoms with van der Waals surface area (Å²) in [5.74, 6) is -4.99. The average Bonchev–Trinajstić information content (AvgIpc) is 3.02. The van der Waals surface area contributed by atoms with E-state index in [-0.39, 0.29) is 17.2 Å². The molecule has 6 atom stereocenters. The maximum absolute atomic E-state index is 14.2. The van der Waals surface area contributed by atoms with E-state index in [4.69, 9.17) is 28.4 Å². The molecule has 0 radical (unpaired) electrons. The Hall–Kier alpha value is -5.03. The van der Waals surface area contributed by atoms with Gasteiger partial charge < -0.3 is 33.7 Å². The number of benzene rings is 2. The lowest BCUT2D eigenvalue weighted by Crippen LogP contribution is -2.68. The van der Waals surface area contributed by atoms with E-state index in [9.17, 15) is 38.9 Å². The molecule has 3 rings (SSSR count). The van der Waals surface area contributed by atoms with Gasteiger partial charge in [0.25, 0.3) is 5.69 Å². The molecule has 17 heteroatoms. The second-order valence-corrected chi connectivity index (χ2v) is 12.2. The maximum Gasteiger partial charge on any atom is 0.349 e. The number of hydrogen-bond acceptors (Lipinski definition) is 15. The predicted octanol–water partition coefficient (Wildman–Crippen LogP) is 2.78. The fraction of sp³-hybridized carbons (Fsp3) is 0.438. The third-order valence-corrected chi connectivity index (χ3v) is 8.12. The zero-order valence-electron chi connectivity index (χ0n) is 27.3. The number of nitro groups is 1. The van der Waals surface area contributed by atoms with Crippen LogP contribution in [-0.4, -0.2) is 82.7 Å². The van der Waals surface area contributed by atoms with Gasteiger partial charge in [0.1, 0.15) is 25.4 Å². The highest BCUT2D eigenvalue weighted by molar-refractivity contribution is 8.01. The molecule has 16 nitrogen and oxygen atoms in total. The summed E-state index contributed by atoms with van der Waals surface area (Å²) in [5, 5.41) is 13.9. The Morgan fingerprint density at radius 3 is 2.06 bits per heavy atom. The van der Waals surface area contributed by atoms with Crippen molar-refractivity contribution in [2.24, 2.45) is 0 Å². The second-order valence-electron chi connectivity index (χ2n) is 10.9. The van der Waals surface area contributed by atoms with Crippen LogP contribution in [-0.2, 0) is 63.8 Å². The van der Waals surface area contributed by atoms with Crippen LogP contribution in [0.1, 0.15) is 46.6 Å². The van der Waals surface area contributed by atoms with Crippen LogP contribution >= 0.6 is 11.8 Å². The van der Waals surface area contributed by atoms with Gasteiger partial charge in [-0.05, 0) is 17.7 Å². The summed E-state index contributed by atoms with van der Waals surface area (Å²) in [7, 11) is 0. The smallest absolute Gasteiger partial charge is 0.349 e. The summed E-state index contributed by atoms with van der Waals surface area (Å²) < 4.78 is 33.9. The van der Waals surface area contributed by atoms with Gasteiger partial charge in [0.15, 0.2) is 12.2 Å². The summed E-state index contributed by atoms with van der Waals surface area (Å²) in [6, 6.07) is 12.4. The predicted molar refractivity (Wildman–Crippen MR) is 168 cm³/mol. The number of nitrogens with zero attached hydrogens (tertiary/aromatic N) is 1. The third-order valence-electron chi connectivity index (χ3n) is 6.85. The number of nitro benzene ring substituents is 1. The molecule has 0 spiro atoms. The van der Waals surface area contributed by atoms with E-state index in [0.29, 0.717) is 5.56 Å². The Kier molecular flexibility index (Phi) is 13.6. The number of carbonyl (C=O) groups is 6. The van der Waals surface area contributed by atoms with E-state index in [0.717, 1.165) is 46.4 Å². The molecule has 1 aliphatic rings. The molecule has 2 aromatic rings. The molecule has 0 saturated carbocycles. The van der Waals surface area contributed by atoms with E-state index in [1.54, 1.807) is 30.3 Å². The molecule has 1 heterocycles. The molecule has 1 N–H and O–H groups in total. The molecule has 2 aromatic carbocycles. The highest BCUT2D eigenvalue weighted by atomic mass is 32.2. The van der Waals surface area contributed by atoms with Gasteiger partial charge >= 0.3 is 29.8 Å². The fourth-order valence-electron chi connectivity index (χ4n) is 5.01. The van der Waals surface area contributed by atoms with Crippen LogP contribution in [0.4, 0.5) is 5.69 Å². The van der Waals surface area contributed by atoms with Crippen molar-refractivity contribution >= 4 is 53.2 Å². The molecule has 1 aliphatic heterocycles. The zero-order chi connectivity index (χ0) is 36.3. The molecule has 0 aromatic heterocycles. The van der Waals surface area contributed by atoms with Gasteiger partial charge in [-0.2, -0.15) is 0 Å². The van der Waals surface area contributed by atoms with Crippen LogP contribution < -0.4 is 5.32 Å². The lowest BCUT2D eigenvalue weighted by atomic mass is 9.89. The molecule has 0 bridgehead atoms. The maximum atomic E-state index is 14.2. The monoisotopic (exact) mass is 704 g/mol. The molecular weight excluding hydrogens is 668 g/mol. The van der Waals surface area contributed by atoms with E-state index >= 15 is 0 Å². The van der Waals surface area contributed by atoms with E-state index in [2.05, 4.69) is 5.32 Å². The Bertz CT molecular complexity index is 1540. The number of non-ortho nitro benzene ring substituents is 1. The van der Waals surface area contributed by atoms with Crippen molar-refractivity contribution in [2.75, 3.05) is 6.61 Å². The average molecular weight is 705 g/mol. The molecular formula is C32H36N2O14S. The topological polar surface area (TPSA) is 213 Å². The van der Waals surface area contributed by atoms with Gasteiger partial charge in [-0.15, -0.1) is 0 Å². The van der Waals surface area contributed by atoms with Crippen LogP contribution in [0.2, 0.25) is 0 Å². The minimum atomic E-state index is -2.15. The summed E-state index contributed by atoms with van der Waals surface area (Å²) in [6.07, 6.45) is -6.68. The van der Waals surface area contributed by atoms with Crippen molar-refractivity contribution in [3.8, 4) is 0 Å². The molecule has 1 fully saturated rings. The van der Waals surface area contributed by atoms with Gasteiger partial charge in [0.2, 0.25) is 10.8 Å². The number of hydrogen-bond donors (Lipinski definition) is 1. The second kappa shape index (κ2) is 17.4. The summed E-state index contributed by atoms with van der Waals surface area (Å²) in [6.45, 7) is 4.58. The fourth-order valence-corrected chi connectivity index (χ4v) is 6.21. The number of ether oxygens (including phenoxy) is 6. The largest absolute Gasteiger partial charge is 0.462 e. The lowest BCUT2D eigenvalue weighted by Gasteiger charge is -2.48. The van der Waals surface area contributed by atoms with Crippen molar-refractivity contribution in [1.29, 1.82) is 0 Å². The van der Waals surface area contributed by atoms with Crippen LogP contribution in [0.3, 0.4) is 0 Å². The Morgan fingerprint density at radius 1 is 0.898 bits per heavy atom. The first kappa shape index (κ1) is 38.4. The van der Waals surface area contributed by atoms with Crippen LogP contribution in [0.5, 0.6) is 0 Å². The number of amides is 1. The highest BCUT2D eigenvalue weighted by Crippen LogP contribution is 2.46. The zero-order valence-corrected chi connectivity index (χ0v) is 28.1. The number of thioether (sulfide) groups is 1. The van der Waals surface area contributed by atoms with Crippen LogP contribution in [0.25, 0.3) is 0 Å². The molecule has 1 saturated heterocycles. The Balaban J connectivity index is 2.24. The standard InChI is InChI=1S/C32H36N2O14S/c1-18(35)33-28-26(45-20(3)37)15-32(31(40)44-16-23-9-7-6-8-10-23,49-25-13-11-24(12-14-25)34(41)42)48-30(28)29(47-22(5)39)27(46-21(4)38)17-43-19(2)36/h6-14,26-30H,15-17H2,1-5H3,(H,33,35)/t26-,27+,28+,29+,30+,32-/m0/s1. The van der Waals surface area contributed by atoms with Crippen molar-refractivity contribution in [3.05, 3.63) is 70.3 Å². The van der Waals surface area contributed by atoms with Crippen LogP contribution in [0, 0.1) is 10.1 Å². The molecule has 0 aliphatic carbocycles. The minimum absolute atomic E-state index is 0.223. The number of esters is 5. The minimum Gasteiger partial charge on any atom is -0.462 e. The van der Waals surface area contributed by atoms with Crippen LogP contribution in [0.15, 0.2) is 59.5 Å². The number of carbonyl (C=O) groups excluding carboxylic acids is 6.